The second kappa shape index (κ2) is 6.43. The van der Waals surface area contributed by atoms with Crippen LogP contribution < -0.4 is 10.5 Å². The van der Waals surface area contributed by atoms with Gasteiger partial charge < -0.3 is 10.5 Å². The molecule has 0 saturated carbocycles. The molecule has 102 valence electrons. The SMILES string of the molecule is C[C@H](N)c1ccc(Br)cc1OCCCC(F)(F)F. The van der Waals surface area contributed by atoms with Gasteiger partial charge in [-0.3, -0.25) is 0 Å². The van der Waals surface area contributed by atoms with Gasteiger partial charge in [-0.1, -0.05) is 22.0 Å². The quantitative estimate of drug-likeness (QED) is 0.824. The molecule has 0 bridgehead atoms. The Bertz CT molecular complexity index is 393. The summed E-state index contributed by atoms with van der Waals surface area (Å²) in [5.74, 6) is 0.529. The Labute approximate surface area is 112 Å². The van der Waals surface area contributed by atoms with Gasteiger partial charge in [0.1, 0.15) is 5.75 Å². The van der Waals surface area contributed by atoms with E-state index >= 15 is 0 Å². The average molecular weight is 326 g/mol. The van der Waals surface area contributed by atoms with Crippen molar-refractivity contribution in [3.05, 3.63) is 28.2 Å². The van der Waals surface area contributed by atoms with Gasteiger partial charge >= 0.3 is 6.18 Å². The van der Waals surface area contributed by atoms with Crippen molar-refractivity contribution >= 4 is 15.9 Å². The lowest BCUT2D eigenvalue weighted by Gasteiger charge is -2.14. The van der Waals surface area contributed by atoms with Gasteiger partial charge in [0.2, 0.25) is 0 Å². The first-order chi connectivity index (χ1) is 8.29. The third-order valence-electron chi connectivity index (χ3n) is 2.33. The lowest BCUT2D eigenvalue weighted by molar-refractivity contribution is -0.136. The maximum atomic E-state index is 12.0. The maximum Gasteiger partial charge on any atom is 0.389 e. The molecule has 0 aliphatic heterocycles. The molecule has 1 rings (SSSR count). The Balaban J connectivity index is 2.58. The highest BCUT2D eigenvalue weighted by Gasteiger charge is 2.26. The summed E-state index contributed by atoms with van der Waals surface area (Å²) in [5.41, 5.74) is 6.55. The summed E-state index contributed by atoms with van der Waals surface area (Å²) >= 11 is 3.29. The van der Waals surface area contributed by atoms with Gasteiger partial charge in [-0.05, 0) is 25.5 Å². The van der Waals surface area contributed by atoms with Crippen molar-refractivity contribution in [1.82, 2.24) is 0 Å². The van der Waals surface area contributed by atoms with Crippen LogP contribution in [0.25, 0.3) is 0 Å². The minimum absolute atomic E-state index is 0.0235. The van der Waals surface area contributed by atoms with Crippen LogP contribution in [0.15, 0.2) is 22.7 Å². The number of hydrogen-bond acceptors (Lipinski definition) is 2. The van der Waals surface area contributed by atoms with Crippen LogP contribution in [0.2, 0.25) is 0 Å². The molecule has 0 saturated heterocycles. The first kappa shape index (κ1) is 15.3. The van der Waals surface area contributed by atoms with Crippen molar-refractivity contribution in [3.63, 3.8) is 0 Å². The number of halogens is 4. The summed E-state index contributed by atoms with van der Waals surface area (Å²) in [7, 11) is 0. The molecule has 0 fully saturated rings. The Morgan fingerprint density at radius 1 is 1.39 bits per heavy atom. The van der Waals surface area contributed by atoms with Crippen LogP contribution >= 0.6 is 15.9 Å². The molecular formula is C12H15BrF3NO. The van der Waals surface area contributed by atoms with Crippen molar-refractivity contribution in [2.24, 2.45) is 5.73 Å². The molecule has 0 amide bonds. The van der Waals surface area contributed by atoms with E-state index in [0.717, 1.165) is 10.0 Å². The fraction of sp³-hybridized carbons (Fsp3) is 0.500. The van der Waals surface area contributed by atoms with Crippen LogP contribution in [-0.2, 0) is 0 Å². The predicted molar refractivity (Wildman–Crippen MR) is 67.5 cm³/mol. The maximum absolute atomic E-state index is 12.0. The van der Waals surface area contributed by atoms with Crippen LogP contribution in [0.4, 0.5) is 13.2 Å². The standard InChI is InChI=1S/C12H15BrF3NO/c1-8(17)10-4-3-9(13)7-11(10)18-6-2-5-12(14,15)16/h3-4,7-8H,2,5-6,17H2,1H3/t8-/m0/s1. The molecule has 0 heterocycles. The molecule has 0 aliphatic rings. The van der Waals surface area contributed by atoms with Crippen LogP contribution in [0.1, 0.15) is 31.4 Å². The summed E-state index contributed by atoms with van der Waals surface area (Å²) in [6, 6.07) is 5.11. The third kappa shape index (κ3) is 5.27. The molecule has 18 heavy (non-hydrogen) atoms. The molecule has 0 unspecified atom stereocenters. The van der Waals surface area contributed by atoms with E-state index in [9.17, 15) is 13.2 Å². The van der Waals surface area contributed by atoms with Gasteiger partial charge in [0.05, 0.1) is 6.61 Å². The summed E-state index contributed by atoms with van der Waals surface area (Å²) in [6.07, 6.45) is -5.03. The van der Waals surface area contributed by atoms with Gasteiger partial charge in [0, 0.05) is 22.5 Å². The predicted octanol–water partition coefficient (Wildman–Crippen LogP) is 4.19. The molecular weight excluding hydrogens is 311 g/mol. The van der Waals surface area contributed by atoms with E-state index in [1.807, 2.05) is 6.07 Å². The van der Waals surface area contributed by atoms with Crippen molar-refractivity contribution < 1.29 is 17.9 Å². The molecule has 2 nitrogen and oxygen atoms in total. The van der Waals surface area contributed by atoms with Crippen molar-refractivity contribution in [2.45, 2.75) is 32.0 Å². The monoisotopic (exact) mass is 325 g/mol. The Hall–Kier alpha value is -0.750. The average Bonchev–Trinajstić information content (AvgIpc) is 2.22. The molecule has 0 radical (unpaired) electrons. The molecule has 1 aromatic rings. The molecule has 1 atom stereocenters. The number of rotatable bonds is 5. The van der Waals surface area contributed by atoms with Crippen LogP contribution in [0.3, 0.4) is 0 Å². The fourth-order valence-electron chi connectivity index (χ4n) is 1.46. The van der Waals surface area contributed by atoms with E-state index in [4.69, 9.17) is 10.5 Å². The Morgan fingerprint density at radius 2 is 2.06 bits per heavy atom. The lowest BCUT2D eigenvalue weighted by Crippen LogP contribution is -2.11. The number of hydrogen-bond donors (Lipinski definition) is 1. The zero-order valence-corrected chi connectivity index (χ0v) is 11.5. The van der Waals surface area contributed by atoms with Crippen molar-refractivity contribution in [1.29, 1.82) is 0 Å². The van der Waals surface area contributed by atoms with E-state index in [0.29, 0.717) is 5.75 Å². The fourth-order valence-corrected chi connectivity index (χ4v) is 1.80. The number of benzene rings is 1. The summed E-state index contributed by atoms with van der Waals surface area (Å²) in [4.78, 5) is 0. The second-order valence-corrected chi connectivity index (χ2v) is 4.95. The van der Waals surface area contributed by atoms with E-state index in [1.165, 1.54) is 0 Å². The van der Waals surface area contributed by atoms with E-state index in [2.05, 4.69) is 15.9 Å². The lowest BCUT2D eigenvalue weighted by atomic mass is 10.1. The van der Waals surface area contributed by atoms with Crippen LogP contribution in [0.5, 0.6) is 5.75 Å². The van der Waals surface area contributed by atoms with Gasteiger partial charge in [0.15, 0.2) is 0 Å². The summed E-state index contributed by atoms with van der Waals surface area (Å²) < 4.78 is 42.1. The molecule has 1 aromatic carbocycles. The molecule has 0 spiro atoms. The first-order valence-corrected chi connectivity index (χ1v) is 6.33. The van der Waals surface area contributed by atoms with Gasteiger partial charge in [0.25, 0.3) is 0 Å². The zero-order valence-electron chi connectivity index (χ0n) is 9.93. The van der Waals surface area contributed by atoms with E-state index in [1.54, 1.807) is 19.1 Å². The molecule has 0 aromatic heterocycles. The number of ether oxygens (including phenoxy) is 1. The van der Waals surface area contributed by atoms with Gasteiger partial charge in [-0.15, -0.1) is 0 Å². The third-order valence-corrected chi connectivity index (χ3v) is 2.82. The number of nitrogens with two attached hydrogens (primary N) is 1. The van der Waals surface area contributed by atoms with E-state index < -0.39 is 12.6 Å². The Morgan fingerprint density at radius 3 is 2.61 bits per heavy atom. The minimum atomic E-state index is -4.13. The molecule has 2 N–H and O–H groups in total. The normalized spacial score (nSPS) is 13.4. The summed E-state index contributed by atoms with van der Waals surface area (Å²) in [6.45, 7) is 1.82. The van der Waals surface area contributed by atoms with Crippen LogP contribution in [-0.4, -0.2) is 12.8 Å². The molecule has 6 heteroatoms. The highest BCUT2D eigenvalue weighted by Crippen LogP contribution is 2.28. The van der Waals surface area contributed by atoms with Crippen molar-refractivity contribution in [2.75, 3.05) is 6.61 Å². The highest BCUT2D eigenvalue weighted by molar-refractivity contribution is 9.10. The summed E-state index contributed by atoms with van der Waals surface area (Å²) in [5, 5.41) is 0. The van der Waals surface area contributed by atoms with Gasteiger partial charge in [-0.25, -0.2) is 0 Å². The van der Waals surface area contributed by atoms with Crippen LogP contribution in [0, 0.1) is 0 Å². The first-order valence-electron chi connectivity index (χ1n) is 5.54. The highest BCUT2D eigenvalue weighted by atomic mass is 79.9. The number of alkyl halides is 3. The molecule has 0 aliphatic carbocycles. The van der Waals surface area contributed by atoms with Crippen molar-refractivity contribution in [3.8, 4) is 5.75 Å². The zero-order chi connectivity index (χ0) is 13.8. The van der Waals surface area contributed by atoms with E-state index in [-0.39, 0.29) is 19.1 Å². The smallest absolute Gasteiger partial charge is 0.389 e. The Kier molecular flexibility index (Phi) is 5.47. The second-order valence-electron chi connectivity index (χ2n) is 4.04. The largest absolute Gasteiger partial charge is 0.493 e. The minimum Gasteiger partial charge on any atom is -0.493 e. The topological polar surface area (TPSA) is 35.2 Å². The van der Waals surface area contributed by atoms with Gasteiger partial charge in [-0.2, -0.15) is 13.2 Å².